The van der Waals surface area contributed by atoms with Gasteiger partial charge in [0.15, 0.2) is 22.7 Å². The van der Waals surface area contributed by atoms with E-state index in [2.05, 4.69) is 41.5 Å². The molecule has 4 nitrogen and oxygen atoms in total. The Balaban J connectivity index is 2.47. The quantitative estimate of drug-likeness (QED) is 0.565. The fourth-order valence-corrected chi connectivity index (χ4v) is 5.89. The summed E-state index contributed by atoms with van der Waals surface area (Å²) < 4.78 is 43.2. The first kappa shape index (κ1) is 24.0. The Morgan fingerprint density at radius 1 is 0.964 bits per heavy atom. The Morgan fingerprint density at radius 2 is 1.39 bits per heavy atom. The third-order valence-electron chi connectivity index (χ3n) is 7.46. The summed E-state index contributed by atoms with van der Waals surface area (Å²) in [6, 6.07) is -1.24. The van der Waals surface area contributed by atoms with Gasteiger partial charge in [-0.1, -0.05) is 48.5 Å². The summed E-state index contributed by atoms with van der Waals surface area (Å²) in [5.41, 5.74) is 0. The molecule has 2 saturated heterocycles. The molecule has 2 aliphatic heterocycles. The Kier molecular flexibility index (Phi) is 5.86. The number of carbonyl (C=O) groups is 1. The molecular formula is C20H39F2NO3Si2. The second-order valence-corrected chi connectivity index (χ2v) is 21.2. The summed E-state index contributed by atoms with van der Waals surface area (Å²) >= 11 is 0. The Bertz CT molecular complexity index is 626. The number of halogens is 2. The fourth-order valence-electron chi connectivity index (χ4n) is 3.38. The SMILES string of the molecule is C[C@@H]1CN2C(=O)[C@H](O[Si](C)(C)C(C)(C)C)[C@@H](O[Si](C)(C)C(C)(C)C)[C@@H]2C1(F)F. The van der Waals surface area contributed by atoms with Crippen molar-refractivity contribution in [3.8, 4) is 0 Å². The summed E-state index contributed by atoms with van der Waals surface area (Å²) in [7, 11) is -4.73. The van der Waals surface area contributed by atoms with Crippen LogP contribution in [0.25, 0.3) is 0 Å². The smallest absolute Gasteiger partial charge is 0.274 e. The van der Waals surface area contributed by atoms with Crippen molar-refractivity contribution in [1.29, 1.82) is 0 Å². The Morgan fingerprint density at radius 3 is 1.82 bits per heavy atom. The van der Waals surface area contributed by atoms with Crippen LogP contribution >= 0.6 is 0 Å². The number of hydrogen-bond acceptors (Lipinski definition) is 3. The highest BCUT2D eigenvalue weighted by atomic mass is 28.4. The molecular weight excluding hydrogens is 396 g/mol. The van der Waals surface area contributed by atoms with Crippen molar-refractivity contribution in [2.75, 3.05) is 6.54 Å². The van der Waals surface area contributed by atoms with E-state index in [1.807, 2.05) is 26.2 Å². The largest absolute Gasteiger partial charge is 0.408 e. The van der Waals surface area contributed by atoms with Gasteiger partial charge >= 0.3 is 0 Å². The molecule has 0 unspecified atom stereocenters. The summed E-state index contributed by atoms with van der Waals surface area (Å²) in [5.74, 6) is -4.18. The molecule has 2 rings (SSSR count). The van der Waals surface area contributed by atoms with Crippen LogP contribution in [-0.4, -0.2) is 58.2 Å². The molecule has 0 saturated carbocycles. The van der Waals surface area contributed by atoms with E-state index in [-0.39, 0.29) is 22.5 Å². The standard InChI is InChI=1S/C20H39F2NO3Si2/c1-13-12-23-16(20(13,21)22)14(25-27(8,9)18(2,3)4)15(17(23)24)26-28(10,11)19(5,6)7/h13-16H,12H2,1-11H3/t13-,14-,15-,16-/m1/s1. The van der Waals surface area contributed by atoms with Crippen LogP contribution in [0.3, 0.4) is 0 Å². The first-order chi connectivity index (χ1) is 12.2. The number of rotatable bonds is 4. The van der Waals surface area contributed by atoms with E-state index < -0.39 is 46.7 Å². The van der Waals surface area contributed by atoms with Gasteiger partial charge in [0, 0.05) is 12.5 Å². The first-order valence-electron chi connectivity index (χ1n) is 10.3. The lowest BCUT2D eigenvalue weighted by atomic mass is 9.97. The van der Waals surface area contributed by atoms with Crippen LogP contribution in [0.15, 0.2) is 0 Å². The van der Waals surface area contributed by atoms with Crippen molar-refractivity contribution in [2.24, 2.45) is 5.92 Å². The van der Waals surface area contributed by atoms with Crippen molar-refractivity contribution in [1.82, 2.24) is 4.90 Å². The van der Waals surface area contributed by atoms with E-state index in [4.69, 9.17) is 8.85 Å². The molecule has 4 atom stereocenters. The van der Waals surface area contributed by atoms with E-state index >= 15 is 8.78 Å². The molecule has 0 aliphatic carbocycles. The van der Waals surface area contributed by atoms with Gasteiger partial charge in [0.25, 0.3) is 11.8 Å². The zero-order valence-electron chi connectivity index (χ0n) is 19.4. The van der Waals surface area contributed by atoms with Crippen molar-refractivity contribution >= 4 is 22.5 Å². The summed E-state index contributed by atoms with van der Waals surface area (Å²) in [6.07, 6.45) is -1.87. The lowest BCUT2D eigenvalue weighted by molar-refractivity contribution is -0.135. The number of carbonyl (C=O) groups excluding carboxylic acids is 1. The second-order valence-electron chi connectivity index (χ2n) is 11.7. The maximum Gasteiger partial charge on any atom is 0.274 e. The molecule has 0 radical (unpaired) electrons. The lowest BCUT2D eigenvalue weighted by Crippen LogP contribution is -2.56. The van der Waals surface area contributed by atoms with E-state index in [1.54, 1.807) is 0 Å². The topological polar surface area (TPSA) is 38.8 Å². The van der Waals surface area contributed by atoms with Crippen molar-refractivity contribution < 1.29 is 22.4 Å². The van der Waals surface area contributed by atoms with Gasteiger partial charge in [-0.05, 0) is 36.3 Å². The minimum absolute atomic E-state index is 0.0607. The van der Waals surface area contributed by atoms with Crippen LogP contribution in [0.2, 0.25) is 36.3 Å². The number of amides is 1. The van der Waals surface area contributed by atoms with Crippen LogP contribution < -0.4 is 0 Å². The van der Waals surface area contributed by atoms with Crippen LogP contribution in [0, 0.1) is 5.92 Å². The molecule has 0 aromatic carbocycles. The molecule has 0 aromatic heterocycles. The molecule has 2 aliphatic rings. The van der Waals surface area contributed by atoms with E-state index in [9.17, 15) is 4.79 Å². The molecule has 0 spiro atoms. The van der Waals surface area contributed by atoms with E-state index in [0.29, 0.717) is 0 Å². The monoisotopic (exact) mass is 435 g/mol. The highest BCUT2D eigenvalue weighted by Gasteiger charge is 2.68. The Hall–Kier alpha value is -0.316. The summed E-state index contributed by atoms with van der Waals surface area (Å²) in [4.78, 5) is 14.5. The second kappa shape index (κ2) is 6.85. The molecule has 0 N–H and O–H groups in total. The van der Waals surface area contributed by atoms with Crippen LogP contribution in [0.4, 0.5) is 8.78 Å². The first-order valence-corrected chi connectivity index (χ1v) is 16.1. The van der Waals surface area contributed by atoms with Crippen molar-refractivity contribution in [3.63, 3.8) is 0 Å². The summed E-state index contributed by atoms with van der Waals surface area (Å²) in [6.45, 7) is 22.2. The average molecular weight is 436 g/mol. The average Bonchev–Trinajstić information content (AvgIpc) is 2.83. The molecule has 1 amide bonds. The normalized spacial score (nSPS) is 31.5. The number of nitrogens with zero attached hydrogens (tertiary/aromatic N) is 1. The van der Waals surface area contributed by atoms with Gasteiger partial charge < -0.3 is 13.8 Å². The van der Waals surface area contributed by atoms with E-state index in [1.165, 1.54) is 11.8 Å². The van der Waals surface area contributed by atoms with Crippen molar-refractivity contribution in [3.05, 3.63) is 0 Å². The molecule has 8 heteroatoms. The predicted molar refractivity (Wildman–Crippen MR) is 114 cm³/mol. The number of hydrogen-bond donors (Lipinski definition) is 0. The van der Waals surface area contributed by atoms with E-state index in [0.717, 1.165) is 0 Å². The minimum Gasteiger partial charge on any atom is -0.408 e. The zero-order chi connectivity index (χ0) is 22.1. The molecule has 2 heterocycles. The van der Waals surface area contributed by atoms with Gasteiger partial charge in [0.1, 0.15) is 12.1 Å². The molecule has 164 valence electrons. The summed E-state index contributed by atoms with van der Waals surface area (Å²) in [5, 5.41) is -0.276. The van der Waals surface area contributed by atoms with Crippen molar-refractivity contribution in [2.45, 2.75) is 109 Å². The van der Waals surface area contributed by atoms with Crippen LogP contribution in [0.1, 0.15) is 48.5 Å². The maximum atomic E-state index is 15.1. The van der Waals surface area contributed by atoms with Gasteiger partial charge in [-0.15, -0.1) is 0 Å². The Labute approximate surface area is 171 Å². The minimum atomic E-state index is -2.98. The van der Waals surface area contributed by atoms with Crippen LogP contribution in [0.5, 0.6) is 0 Å². The maximum absolute atomic E-state index is 15.1. The molecule has 28 heavy (non-hydrogen) atoms. The molecule has 0 aromatic rings. The highest BCUT2D eigenvalue weighted by molar-refractivity contribution is 6.74. The third kappa shape index (κ3) is 3.86. The highest BCUT2D eigenvalue weighted by Crippen LogP contribution is 2.50. The van der Waals surface area contributed by atoms with Crippen LogP contribution in [-0.2, 0) is 13.6 Å². The van der Waals surface area contributed by atoms with Gasteiger partial charge in [-0.25, -0.2) is 8.78 Å². The molecule has 2 fully saturated rings. The van der Waals surface area contributed by atoms with Gasteiger partial charge in [-0.3, -0.25) is 4.79 Å². The van der Waals surface area contributed by atoms with Gasteiger partial charge in [0.2, 0.25) is 0 Å². The predicted octanol–water partition coefficient (Wildman–Crippen LogP) is 5.26. The van der Waals surface area contributed by atoms with Gasteiger partial charge in [0.05, 0.1) is 0 Å². The lowest BCUT2D eigenvalue weighted by Gasteiger charge is -2.43. The zero-order valence-corrected chi connectivity index (χ0v) is 21.4. The third-order valence-corrected chi connectivity index (χ3v) is 16.4. The number of alkyl halides is 2. The van der Waals surface area contributed by atoms with Gasteiger partial charge in [-0.2, -0.15) is 0 Å². The fraction of sp³-hybridized carbons (Fsp3) is 0.950. The number of fused-ring (bicyclic) bond motifs is 1. The molecule has 0 bridgehead atoms.